The molecule has 4 aromatic carbocycles. The lowest BCUT2D eigenvalue weighted by atomic mass is 9.65. The molecule has 41 heavy (non-hydrogen) atoms. The molecule has 2 aliphatic rings. The molecule has 2 heterocycles. The van der Waals surface area contributed by atoms with Crippen molar-refractivity contribution >= 4 is 33.2 Å². The number of methoxy groups -OCH3 is 1. The number of hydrogen-bond acceptors (Lipinski definition) is 5. The van der Waals surface area contributed by atoms with Crippen LogP contribution in [-0.2, 0) is 25.0 Å². The van der Waals surface area contributed by atoms with E-state index in [4.69, 9.17) is 4.74 Å². The molecule has 2 aliphatic heterocycles. The van der Waals surface area contributed by atoms with Crippen molar-refractivity contribution in [2.24, 2.45) is 0 Å². The van der Waals surface area contributed by atoms with Crippen LogP contribution in [0.4, 0.5) is 5.69 Å². The summed E-state index contributed by atoms with van der Waals surface area (Å²) in [5.74, 6) is -1.69. The summed E-state index contributed by atoms with van der Waals surface area (Å²) in [6.07, 6.45) is 1.66. The lowest BCUT2D eigenvalue weighted by molar-refractivity contribution is -0.133. The normalized spacial score (nSPS) is 20.3. The molecule has 2 atom stereocenters. The van der Waals surface area contributed by atoms with Gasteiger partial charge in [-0.25, -0.2) is 12.7 Å². The first-order valence-electron chi connectivity index (χ1n) is 13.2. The quantitative estimate of drug-likeness (QED) is 0.330. The van der Waals surface area contributed by atoms with Crippen molar-refractivity contribution in [2.75, 3.05) is 19.1 Å². The van der Waals surface area contributed by atoms with E-state index >= 15 is 0 Å². The summed E-state index contributed by atoms with van der Waals surface area (Å²) in [6.45, 7) is 1.86. The Morgan fingerprint density at radius 2 is 1.46 bits per heavy atom. The first-order valence-corrected chi connectivity index (χ1v) is 14.6. The molecule has 206 valence electrons. The molecule has 0 fully saturated rings. The highest BCUT2D eigenvalue weighted by Gasteiger charge is 2.61. The Kier molecular flexibility index (Phi) is 6.31. The number of likely N-dealkylation sites (N-methyl/N-ethyl adjacent to an activating group) is 1. The largest absolute Gasteiger partial charge is 0.497 e. The number of carbonyl (C=O) groups is 2. The van der Waals surface area contributed by atoms with E-state index in [1.807, 2.05) is 19.1 Å². The number of benzene rings is 4. The van der Waals surface area contributed by atoms with Gasteiger partial charge in [0.1, 0.15) is 11.2 Å². The minimum atomic E-state index is -4.37. The number of ether oxygens (including phenoxy) is 1. The van der Waals surface area contributed by atoms with Gasteiger partial charge < -0.3 is 9.64 Å². The second kappa shape index (κ2) is 9.74. The smallest absolute Gasteiger partial charge is 0.270 e. The predicted molar refractivity (Wildman–Crippen MR) is 157 cm³/mol. The number of nitrogens with zero attached hydrogens (tertiary/aromatic N) is 2. The summed E-state index contributed by atoms with van der Waals surface area (Å²) in [5, 5.41) is 0. The van der Waals surface area contributed by atoms with E-state index in [0.717, 1.165) is 9.87 Å². The highest BCUT2D eigenvalue weighted by molar-refractivity contribution is 7.90. The third-order valence-corrected chi connectivity index (χ3v) is 9.64. The Morgan fingerprint density at radius 3 is 2.10 bits per heavy atom. The number of hydrogen-bond donors (Lipinski definition) is 0. The van der Waals surface area contributed by atoms with E-state index in [0.29, 0.717) is 28.1 Å². The number of rotatable bonds is 5. The lowest BCUT2D eigenvalue weighted by Gasteiger charge is -2.42. The van der Waals surface area contributed by atoms with Gasteiger partial charge in [-0.3, -0.25) is 9.59 Å². The Hall–Kier alpha value is -4.69. The van der Waals surface area contributed by atoms with E-state index in [1.165, 1.54) is 24.1 Å². The van der Waals surface area contributed by atoms with Gasteiger partial charge in [-0.15, -0.1) is 0 Å². The van der Waals surface area contributed by atoms with E-state index in [2.05, 4.69) is 0 Å². The average molecular weight is 565 g/mol. The maximum absolute atomic E-state index is 14.9. The second-order valence-electron chi connectivity index (χ2n) is 10.3. The Labute approximate surface area is 239 Å². The summed E-state index contributed by atoms with van der Waals surface area (Å²) in [5.41, 5.74) is 1.72. The summed E-state index contributed by atoms with van der Waals surface area (Å²) >= 11 is 0. The molecular formula is C33H28N2O5S. The van der Waals surface area contributed by atoms with Crippen molar-refractivity contribution in [1.29, 1.82) is 0 Å². The van der Waals surface area contributed by atoms with Gasteiger partial charge in [-0.05, 0) is 54.5 Å². The van der Waals surface area contributed by atoms with E-state index in [-0.39, 0.29) is 16.5 Å². The van der Waals surface area contributed by atoms with Crippen LogP contribution in [0.1, 0.15) is 28.2 Å². The van der Waals surface area contributed by atoms with Gasteiger partial charge in [0.15, 0.2) is 0 Å². The first kappa shape index (κ1) is 26.5. The fourth-order valence-corrected chi connectivity index (χ4v) is 7.35. The third-order valence-electron chi connectivity index (χ3n) is 7.92. The van der Waals surface area contributed by atoms with Gasteiger partial charge in [0.2, 0.25) is 11.8 Å². The minimum Gasteiger partial charge on any atom is -0.497 e. The molecular weight excluding hydrogens is 536 g/mol. The Morgan fingerprint density at radius 1 is 0.829 bits per heavy atom. The van der Waals surface area contributed by atoms with Crippen LogP contribution in [0.5, 0.6) is 5.75 Å². The Balaban J connectivity index is 1.72. The fourth-order valence-electron chi connectivity index (χ4n) is 5.90. The molecule has 7 nitrogen and oxygen atoms in total. The molecule has 2 amide bonds. The maximum Gasteiger partial charge on any atom is 0.270 e. The van der Waals surface area contributed by atoms with Gasteiger partial charge in [-0.1, -0.05) is 78.4 Å². The van der Waals surface area contributed by atoms with Crippen molar-refractivity contribution in [2.45, 2.75) is 23.2 Å². The number of aryl methyl sites for hydroxylation is 1. The zero-order valence-corrected chi connectivity index (χ0v) is 23.6. The summed E-state index contributed by atoms with van der Waals surface area (Å²) < 4.78 is 35.0. The molecule has 0 saturated heterocycles. The molecule has 0 aliphatic carbocycles. The van der Waals surface area contributed by atoms with Crippen molar-refractivity contribution < 1.29 is 22.7 Å². The summed E-state index contributed by atoms with van der Waals surface area (Å²) in [7, 11) is -1.16. The molecule has 4 aromatic rings. The molecule has 0 N–H and O–H groups in total. The van der Waals surface area contributed by atoms with Gasteiger partial charge in [0.25, 0.3) is 10.0 Å². The van der Waals surface area contributed by atoms with E-state index in [1.54, 1.807) is 92.0 Å². The summed E-state index contributed by atoms with van der Waals surface area (Å²) in [6, 6.07) is 29.4. The molecule has 0 aromatic heterocycles. The second-order valence-corrected chi connectivity index (χ2v) is 12.1. The zero-order valence-electron chi connectivity index (χ0n) is 22.8. The van der Waals surface area contributed by atoms with Crippen LogP contribution in [0.25, 0.3) is 5.70 Å². The maximum atomic E-state index is 14.9. The number of fused-ring (bicyclic) bond motifs is 2. The van der Waals surface area contributed by atoms with Crippen LogP contribution in [0, 0.1) is 6.92 Å². The van der Waals surface area contributed by atoms with Crippen LogP contribution in [0.15, 0.2) is 114 Å². The van der Waals surface area contributed by atoms with Gasteiger partial charge in [0.05, 0.1) is 23.6 Å². The van der Waals surface area contributed by atoms with Gasteiger partial charge in [0, 0.05) is 18.3 Å². The zero-order chi connectivity index (χ0) is 28.9. The molecule has 6 rings (SSSR count). The first-order chi connectivity index (χ1) is 19.7. The molecule has 1 spiro atoms. The number of anilines is 1. The van der Waals surface area contributed by atoms with Crippen LogP contribution in [0.2, 0.25) is 0 Å². The number of sulfonamides is 1. The summed E-state index contributed by atoms with van der Waals surface area (Å²) in [4.78, 5) is 30.8. The molecule has 8 heteroatoms. The Bertz CT molecular complexity index is 1800. The van der Waals surface area contributed by atoms with Crippen molar-refractivity contribution in [1.82, 2.24) is 4.31 Å². The van der Waals surface area contributed by atoms with E-state index < -0.39 is 27.3 Å². The highest BCUT2D eigenvalue weighted by Crippen LogP contribution is 2.56. The monoisotopic (exact) mass is 564 g/mol. The van der Waals surface area contributed by atoms with Crippen molar-refractivity contribution in [3.8, 4) is 5.75 Å². The molecule has 0 saturated carbocycles. The minimum absolute atomic E-state index is 0.0158. The lowest BCUT2D eigenvalue weighted by Crippen LogP contribution is -2.54. The fraction of sp³-hybridized carbons (Fsp3) is 0.152. The van der Waals surface area contributed by atoms with Crippen LogP contribution >= 0.6 is 0 Å². The van der Waals surface area contributed by atoms with Crippen molar-refractivity contribution in [3.05, 3.63) is 131 Å². The van der Waals surface area contributed by atoms with Crippen LogP contribution in [0.3, 0.4) is 0 Å². The molecule has 0 radical (unpaired) electrons. The number of amides is 2. The molecule has 2 unspecified atom stereocenters. The van der Waals surface area contributed by atoms with Crippen LogP contribution < -0.4 is 9.64 Å². The van der Waals surface area contributed by atoms with Crippen molar-refractivity contribution in [3.63, 3.8) is 0 Å². The molecule has 0 bridgehead atoms. The highest BCUT2D eigenvalue weighted by atomic mass is 32.2. The van der Waals surface area contributed by atoms with Crippen LogP contribution in [-0.4, -0.2) is 38.7 Å². The topological polar surface area (TPSA) is 84.0 Å². The van der Waals surface area contributed by atoms with E-state index in [9.17, 15) is 18.0 Å². The predicted octanol–water partition coefficient (Wildman–Crippen LogP) is 5.27. The third kappa shape index (κ3) is 3.97. The standard InChI is InChI=1S/C33H28N2O5S/c1-22-14-17-26(18-15-22)41(38,39)35-29(23-10-6-4-7-11-23)21-33(30(31(35)36)24-12-8-5-9-13-24)27-20-25(40-3)16-19-28(27)34(2)32(33)37/h4-21,30H,1-3H3. The van der Waals surface area contributed by atoms with Gasteiger partial charge >= 0.3 is 0 Å². The van der Waals surface area contributed by atoms with Gasteiger partial charge in [-0.2, -0.15) is 0 Å². The SMILES string of the molecule is COc1ccc2c(c1)C1(C=C(c3ccccc3)N(S(=O)(=O)c3ccc(C)cc3)C(=O)C1c1ccccc1)C(=O)N2C. The number of carbonyl (C=O) groups excluding carboxylic acids is 2. The average Bonchev–Trinajstić information content (AvgIpc) is 3.19.